The van der Waals surface area contributed by atoms with Crippen LogP contribution in [-0.2, 0) is 5.41 Å². The van der Waals surface area contributed by atoms with E-state index >= 15 is 0 Å². The third-order valence-electron chi connectivity index (χ3n) is 24.0. The Morgan fingerprint density at radius 2 is 0.478 bits per heavy atom. The fourth-order valence-electron chi connectivity index (χ4n) is 18.5. The van der Waals surface area contributed by atoms with Crippen molar-refractivity contribution in [2.45, 2.75) is 19.3 Å². The maximum absolute atomic E-state index is 2.49. The van der Waals surface area contributed by atoms with Crippen LogP contribution < -0.4 is 9.80 Å². The molecule has 0 bridgehead atoms. The summed E-state index contributed by atoms with van der Waals surface area (Å²) in [5.41, 5.74) is 24.0. The van der Waals surface area contributed by atoms with Gasteiger partial charge in [-0.25, -0.2) is 0 Å². The molecule has 23 rings (SSSR count). The molecule has 2 aromatic heterocycles. The number of hydrogen-bond acceptors (Lipinski definition) is 2. The molecular formula is C109H74N4. The second-order valence-corrected chi connectivity index (χ2v) is 30.8. The van der Waals surface area contributed by atoms with Crippen LogP contribution in [0.25, 0.3) is 164 Å². The van der Waals surface area contributed by atoms with Gasteiger partial charge in [-0.2, -0.15) is 0 Å². The average Bonchev–Trinajstić information content (AvgIpc) is 1.63. The van der Waals surface area contributed by atoms with Crippen molar-refractivity contribution in [2.75, 3.05) is 9.80 Å². The second-order valence-electron chi connectivity index (χ2n) is 30.8. The van der Waals surface area contributed by atoms with Crippen LogP contribution in [0.3, 0.4) is 0 Å². The molecule has 0 amide bonds. The topological polar surface area (TPSA) is 16.3 Å². The predicted molar refractivity (Wildman–Crippen MR) is 482 cm³/mol. The van der Waals surface area contributed by atoms with Gasteiger partial charge in [-0.1, -0.05) is 293 Å². The number of aromatic nitrogens is 2. The molecule has 0 aliphatic heterocycles. The van der Waals surface area contributed by atoms with E-state index in [-0.39, 0.29) is 5.41 Å². The van der Waals surface area contributed by atoms with Crippen molar-refractivity contribution in [3.05, 3.63) is 424 Å². The molecule has 530 valence electrons. The Balaban J connectivity index is 0.000000139. The molecule has 0 spiro atoms. The lowest BCUT2D eigenvalue weighted by Crippen LogP contribution is -2.17. The molecule has 0 radical (unpaired) electrons. The van der Waals surface area contributed by atoms with Gasteiger partial charge < -0.3 is 18.9 Å². The van der Waals surface area contributed by atoms with Crippen molar-refractivity contribution in [2.24, 2.45) is 0 Å². The fraction of sp³-hybridized carbons (Fsp3) is 0.0275. The molecule has 0 N–H and O–H groups in total. The Morgan fingerprint density at radius 3 is 0.920 bits per heavy atom. The van der Waals surface area contributed by atoms with E-state index in [1.165, 1.54) is 169 Å². The van der Waals surface area contributed by atoms with Gasteiger partial charge in [0.25, 0.3) is 0 Å². The number of hydrogen-bond donors (Lipinski definition) is 0. The molecule has 113 heavy (non-hydrogen) atoms. The van der Waals surface area contributed by atoms with Gasteiger partial charge in [0.1, 0.15) is 0 Å². The molecule has 0 saturated carbocycles. The maximum Gasteiger partial charge on any atom is 0.0547 e. The van der Waals surface area contributed by atoms with E-state index in [4.69, 9.17) is 0 Å². The van der Waals surface area contributed by atoms with Crippen molar-refractivity contribution >= 4 is 153 Å². The summed E-state index contributed by atoms with van der Waals surface area (Å²) in [5.74, 6) is 0. The van der Waals surface area contributed by atoms with Crippen LogP contribution in [0.2, 0.25) is 0 Å². The quantitative estimate of drug-likeness (QED) is 0.136. The van der Waals surface area contributed by atoms with E-state index in [0.717, 1.165) is 39.8 Å². The Morgan fingerprint density at radius 1 is 0.195 bits per heavy atom. The lowest BCUT2D eigenvalue weighted by atomic mass is 9.82. The zero-order valence-electron chi connectivity index (χ0n) is 62.5. The van der Waals surface area contributed by atoms with Crippen LogP contribution in [0.5, 0.6) is 0 Å². The average molecular weight is 1440 g/mol. The van der Waals surface area contributed by atoms with E-state index in [0.29, 0.717) is 0 Å². The predicted octanol–water partition coefficient (Wildman–Crippen LogP) is 30.2. The minimum Gasteiger partial charge on any atom is -0.310 e. The summed E-state index contributed by atoms with van der Waals surface area (Å²) in [7, 11) is 0. The zero-order chi connectivity index (χ0) is 74.8. The first-order chi connectivity index (χ1) is 55.8. The van der Waals surface area contributed by atoms with Crippen LogP contribution >= 0.6 is 0 Å². The van der Waals surface area contributed by atoms with Crippen LogP contribution in [0.1, 0.15) is 25.0 Å². The number of nitrogens with zero attached hydrogens (tertiary/aromatic N) is 4. The van der Waals surface area contributed by atoms with Crippen molar-refractivity contribution < 1.29 is 0 Å². The summed E-state index contributed by atoms with van der Waals surface area (Å²) in [5, 5.41) is 22.9. The summed E-state index contributed by atoms with van der Waals surface area (Å²) in [6, 6.07) is 151. The van der Waals surface area contributed by atoms with Crippen molar-refractivity contribution in [3.8, 4) is 44.8 Å². The molecular weight excluding hydrogens is 1370 g/mol. The Bertz CT molecular complexity index is 7390. The Labute approximate surface area is 655 Å². The maximum atomic E-state index is 2.49. The first-order valence-electron chi connectivity index (χ1n) is 39.2. The molecule has 4 nitrogen and oxygen atoms in total. The highest BCUT2D eigenvalue weighted by Gasteiger charge is 2.37. The van der Waals surface area contributed by atoms with Gasteiger partial charge in [-0.15, -0.1) is 0 Å². The zero-order valence-corrected chi connectivity index (χ0v) is 62.5. The van der Waals surface area contributed by atoms with Gasteiger partial charge in [0, 0.05) is 72.5 Å². The molecule has 1 aliphatic rings. The number of benzene rings is 20. The Hall–Kier alpha value is -14.6. The standard InChI is InChI=1S/C57H40N2.C52H34N2/c1-57(2)51-35-45(58(43-16-4-3-5-17-43)44-26-22-38(23-27-44)42-21-20-37-12-6-7-15-41(37)34-42)28-30-49(51)50-31-29-46(36-52(50)57)59-53-32-24-39-13-8-10-18-47(39)55(53)56-48-19-11-9-14-40(48)25-33-54(56)59;1-2-14-43(15-3-1)53(44-26-20-36(21-27-44)40-19-18-35-10-4-5-13-39(35)32-40)45-28-22-42-34-46(29-23-41(42)33-45)54-49-30-24-37-11-6-8-16-47(37)51(49)52-48-17-9-7-12-38(48)25-31-50(52)54/h3-36H,1-2H3;1-34H. The van der Waals surface area contributed by atoms with Gasteiger partial charge >= 0.3 is 0 Å². The van der Waals surface area contributed by atoms with E-state index in [9.17, 15) is 0 Å². The van der Waals surface area contributed by atoms with Crippen LogP contribution in [0.15, 0.2) is 413 Å². The van der Waals surface area contributed by atoms with Crippen molar-refractivity contribution in [3.63, 3.8) is 0 Å². The summed E-state index contributed by atoms with van der Waals surface area (Å²) < 4.78 is 4.94. The molecule has 2 heterocycles. The normalized spacial score (nSPS) is 12.4. The van der Waals surface area contributed by atoms with Crippen molar-refractivity contribution in [1.82, 2.24) is 9.13 Å². The first kappa shape index (κ1) is 65.5. The van der Waals surface area contributed by atoms with Crippen LogP contribution in [0, 0.1) is 0 Å². The number of rotatable bonds is 10. The van der Waals surface area contributed by atoms with Gasteiger partial charge in [-0.05, 0) is 253 Å². The van der Waals surface area contributed by atoms with Crippen LogP contribution in [0.4, 0.5) is 34.1 Å². The van der Waals surface area contributed by atoms with Gasteiger partial charge in [0.2, 0.25) is 0 Å². The van der Waals surface area contributed by atoms with Gasteiger partial charge in [0.05, 0.1) is 22.1 Å². The van der Waals surface area contributed by atoms with Gasteiger partial charge in [-0.3, -0.25) is 0 Å². The highest BCUT2D eigenvalue weighted by Crippen LogP contribution is 2.53. The van der Waals surface area contributed by atoms with E-state index in [2.05, 4.69) is 445 Å². The molecule has 0 atom stereocenters. The van der Waals surface area contributed by atoms with E-state index < -0.39 is 0 Å². The summed E-state index contributed by atoms with van der Waals surface area (Å²) in [4.78, 5) is 4.74. The monoisotopic (exact) mass is 1440 g/mol. The highest BCUT2D eigenvalue weighted by molar-refractivity contribution is 6.30. The summed E-state index contributed by atoms with van der Waals surface area (Å²) in [6.45, 7) is 4.78. The third kappa shape index (κ3) is 10.9. The lowest BCUT2D eigenvalue weighted by Gasteiger charge is -2.28. The summed E-state index contributed by atoms with van der Waals surface area (Å²) in [6.07, 6.45) is 0. The van der Waals surface area contributed by atoms with Crippen LogP contribution in [-0.4, -0.2) is 9.13 Å². The largest absolute Gasteiger partial charge is 0.310 e. The second kappa shape index (κ2) is 26.3. The Kier molecular flexibility index (Phi) is 15.3. The molecule has 20 aromatic carbocycles. The smallest absolute Gasteiger partial charge is 0.0547 e. The minimum atomic E-state index is -0.225. The summed E-state index contributed by atoms with van der Waals surface area (Å²) >= 11 is 0. The third-order valence-corrected chi connectivity index (χ3v) is 24.0. The number of anilines is 6. The minimum absolute atomic E-state index is 0.225. The fourth-order valence-corrected chi connectivity index (χ4v) is 18.5. The number of para-hydroxylation sites is 2. The van der Waals surface area contributed by atoms with E-state index in [1.54, 1.807) is 0 Å². The molecule has 0 saturated heterocycles. The molecule has 22 aromatic rings. The molecule has 1 aliphatic carbocycles. The lowest BCUT2D eigenvalue weighted by molar-refractivity contribution is 0.660. The van der Waals surface area contributed by atoms with E-state index in [1.807, 2.05) is 0 Å². The highest BCUT2D eigenvalue weighted by atomic mass is 15.1. The number of fused-ring (bicyclic) bond motifs is 20. The molecule has 4 heteroatoms. The molecule has 0 unspecified atom stereocenters. The molecule has 0 fully saturated rings. The SMILES string of the molecule is CC1(C)c2cc(N(c3ccccc3)c3ccc(-c4ccc5ccccc5c4)cc3)ccc2-c2ccc(-n3c4ccc5ccccc5c4c4c5ccccc5ccc43)cc21.c1ccc(N(c2ccc(-c3ccc4ccccc4c3)cc2)c2ccc3cc(-n4c5ccc6ccccc6c5c5c6ccccc6ccc54)ccc3c2)cc1. The first-order valence-corrected chi connectivity index (χ1v) is 39.2. The van der Waals surface area contributed by atoms with Gasteiger partial charge in [0.15, 0.2) is 0 Å². The van der Waals surface area contributed by atoms with Crippen molar-refractivity contribution in [1.29, 1.82) is 0 Å².